The molecule has 2 saturated heterocycles. The summed E-state index contributed by atoms with van der Waals surface area (Å²) < 4.78 is 0. The quantitative estimate of drug-likeness (QED) is 0.733. The fraction of sp³-hybridized carbons (Fsp3) is 0.941. The first kappa shape index (κ1) is 17.2. The minimum atomic E-state index is 0.0173. The van der Waals surface area contributed by atoms with E-state index in [1.54, 1.807) is 0 Å². The van der Waals surface area contributed by atoms with E-state index in [4.69, 9.17) is 18.0 Å². The van der Waals surface area contributed by atoms with Gasteiger partial charge in [-0.15, -0.1) is 0 Å². The maximum atomic E-state index is 5.80. The van der Waals surface area contributed by atoms with Gasteiger partial charge in [-0.05, 0) is 77.2 Å². The van der Waals surface area contributed by atoms with E-state index in [0.29, 0.717) is 4.99 Å². The monoisotopic (exact) mass is 311 g/mol. The Balaban J connectivity index is 1.59. The SMILES string of the molecule is CC(C)(CCCN1CCC(CN2CCCC2)CC1)C(N)=S. The topological polar surface area (TPSA) is 32.5 Å². The molecule has 3 nitrogen and oxygen atoms in total. The van der Waals surface area contributed by atoms with Crippen molar-refractivity contribution in [3.05, 3.63) is 0 Å². The lowest BCUT2D eigenvalue weighted by molar-refractivity contribution is 0.150. The van der Waals surface area contributed by atoms with Gasteiger partial charge in [0, 0.05) is 12.0 Å². The van der Waals surface area contributed by atoms with Crippen LogP contribution in [0.25, 0.3) is 0 Å². The zero-order valence-corrected chi connectivity index (χ0v) is 14.8. The number of hydrogen-bond acceptors (Lipinski definition) is 3. The lowest BCUT2D eigenvalue weighted by Crippen LogP contribution is -2.39. The van der Waals surface area contributed by atoms with E-state index < -0.39 is 0 Å². The smallest absolute Gasteiger partial charge is 0.0784 e. The summed E-state index contributed by atoms with van der Waals surface area (Å²) in [7, 11) is 0. The highest BCUT2D eigenvalue weighted by atomic mass is 32.1. The molecule has 0 atom stereocenters. The zero-order chi connectivity index (χ0) is 15.3. The molecule has 2 aliphatic heterocycles. The predicted octanol–water partition coefficient (Wildman–Crippen LogP) is 2.89. The first-order valence-electron chi connectivity index (χ1n) is 8.72. The van der Waals surface area contributed by atoms with Gasteiger partial charge in [-0.2, -0.15) is 0 Å². The van der Waals surface area contributed by atoms with Crippen LogP contribution in [0.1, 0.15) is 52.4 Å². The molecule has 0 aromatic carbocycles. The van der Waals surface area contributed by atoms with Crippen molar-refractivity contribution >= 4 is 17.2 Å². The predicted molar refractivity (Wildman–Crippen MR) is 94.6 cm³/mol. The molecule has 2 rings (SSSR count). The summed E-state index contributed by atoms with van der Waals surface area (Å²) in [4.78, 5) is 5.97. The molecule has 2 N–H and O–H groups in total. The first-order valence-corrected chi connectivity index (χ1v) is 9.13. The number of hydrogen-bond donors (Lipinski definition) is 1. The minimum absolute atomic E-state index is 0.0173. The molecule has 0 spiro atoms. The normalized spacial score (nSPS) is 22.8. The van der Waals surface area contributed by atoms with Crippen LogP contribution in [-0.2, 0) is 0 Å². The number of piperidine rings is 1. The van der Waals surface area contributed by atoms with Crippen molar-refractivity contribution in [1.29, 1.82) is 0 Å². The van der Waals surface area contributed by atoms with Gasteiger partial charge in [0.2, 0.25) is 0 Å². The third kappa shape index (κ3) is 5.50. The summed E-state index contributed by atoms with van der Waals surface area (Å²) in [5.74, 6) is 0.937. The highest BCUT2D eigenvalue weighted by Crippen LogP contribution is 2.24. The Morgan fingerprint density at radius 3 is 2.29 bits per heavy atom. The maximum absolute atomic E-state index is 5.80. The lowest BCUT2D eigenvalue weighted by atomic mass is 9.87. The van der Waals surface area contributed by atoms with Crippen LogP contribution >= 0.6 is 12.2 Å². The molecule has 0 amide bonds. The van der Waals surface area contributed by atoms with Crippen molar-refractivity contribution in [2.24, 2.45) is 17.1 Å². The van der Waals surface area contributed by atoms with Gasteiger partial charge in [-0.1, -0.05) is 26.1 Å². The molecule has 0 aromatic heterocycles. The highest BCUT2D eigenvalue weighted by molar-refractivity contribution is 7.80. The largest absolute Gasteiger partial charge is 0.393 e. The van der Waals surface area contributed by atoms with Crippen LogP contribution in [0.5, 0.6) is 0 Å². The summed E-state index contributed by atoms with van der Waals surface area (Å²) >= 11 is 5.14. The van der Waals surface area contributed by atoms with E-state index in [9.17, 15) is 0 Å². The summed E-state index contributed by atoms with van der Waals surface area (Å²) in [6.45, 7) is 12.1. The summed E-state index contributed by atoms with van der Waals surface area (Å²) in [5, 5.41) is 0. The number of nitrogens with two attached hydrogens (primary N) is 1. The molecular formula is C17H33N3S. The number of likely N-dealkylation sites (tertiary alicyclic amines) is 2. The summed E-state index contributed by atoms with van der Waals surface area (Å²) in [6, 6.07) is 0. The Labute approximate surface area is 136 Å². The van der Waals surface area contributed by atoms with Gasteiger partial charge >= 0.3 is 0 Å². The van der Waals surface area contributed by atoms with E-state index in [2.05, 4.69) is 23.6 Å². The number of nitrogens with zero attached hydrogens (tertiary/aromatic N) is 2. The van der Waals surface area contributed by atoms with Gasteiger partial charge < -0.3 is 15.5 Å². The van der Waals surface area contributed by atoms with E-state index >= 15 is 0 Å². The second-order valence-electron chi connectivity index (χ2n) is 7.64. The maximum Gasteiger partial charge on any atom is 0.0784 e. The third-order valence-corrected chi connectivity index (χ3v) is 5.92. The Morgan fingerprint density at radius 2 is 1.71 bits per heavy atom. The van der Waals surface area contributed by atoms with Crippen molar-refractivity contribution in [3.63, 3.8) is 0 Å². The average molecular weight is 312 g/mol. The van der Waals surface area contributed by atoms with Gasteiger partial charge in [-0.3, -0.25) is 0 Å². The third-order valence-electron chi connectivity index (χ3n) is 5.37. The van der Waals surface area contributed by atoms with Gasteiger partial charge in [-0.25, -0.2) is 0 Å². The number of thiocarbonyl (C=S) groups is 1. The van der Waals surface area contributed by atoms with Crippen LogP contribution in [0.15, 0.2) is 0 Å². The molecular weight excluding hydrogens is 278 g/mol. The molecule has 0 aliphatic carbocycles. The van der Waals surface area contributed by atoms with Crippen molar-refractivity contribution in [1.82, 2.24) is 9.80 Å². The Hall–Kier alpha value is -0.190. The van der Waals surface area contributed by atoms with Crippen molar-refractivity contribution in [2.45, 2.75) is 52.4 Å². The lowest BCUT2D eigenvalue weighted by Gasteiger charge is -2.34. The van der Waals surface area contributed by atoms with E-state index in [1.165, 1.54) is 71.4 Å². The molecule has 0 aromatic rings. The molecule has 2 heterocycles. The van der Waals surface area contributed by atoms with E-state index in [0.717, 1.165) is 12.3 Å². The molecule has 21 heavy (non-hydrogen) atoms. The van der Waals surface area contributed by atoms with Crippen molar-refractivity contribution in [2.75, 3.05) is 39.3 Å². The molecule has 2 fully saturated rings. The molecule has 122 valence electrons. The average Bonchev–Trinajstić information content (AvgIpc) is 2.93. The van der Waals surface area contributed by atoms with E-state index in [1.807, 2.05) is 0 Å². The molecule has 4 heteroatoms. The molecule has 0 radical (unpaired) electrons. The van der Waals surface area contributed by atoms with Crippen LogP contribution in [-0.4, -0.2) is 54.1 Å². The highest BCUT2D eigenvalue weighted by Gasteiger charge is 2.24. The summed E-state index contributed by atoms with van der Waals surface area (Å²) in [5.41, 5.74) is 5.82. The molecule has 0 bridgehead atoms. The Morgan fingerprint density at radius 1 is 1.10 bits per heavy atom. The van der Waals surface area contributed by atoms with Crippen LogP contribution in [0.2, 0.25) is 0 Å². The summed E-state index contributed by atoms with van der Waals surface area (Å²) in [6.07, 6.45) is 7.91. The van der Waals surface area contributed by atoms with Crippen LogP contribution in [0.4, 0.5) is 0 Å². The molecule has 0 unspecified atom stereocenters. The van der Waals surface area contributed by atoms with E-state index in [-0.39, 0.29) is 5.41 Å². The van der Waals surface area contributed by atoms with Crippen LogP contribution in [0.3, 0.4) is 0 Å². The van der Waals surface area contributed by atoms with Gasteiger partial charge in [0.1, 0.15) is 0 Å². The fourth-order valence-electron chi connectivity index (χ4n) is 3.59. The minimum Gasteiger partial charge on any atom is -0.393 e. The van der Waals surface area contributed by atoms with Crippen LogP contribution < -0.4 is 5.73 Å². The fourth-order valence-corrected chi connectivity index (χ4v) is 3.69. The Kier molecular flexibility index (Phi) is 6.45. The van der Waals surface area contributed by atoms with Gasteiger partial charge in [0.15, 0.2) is 0 Å². The number of rotatable bonds is 7. The second kappa shape index (κ2) is 7.89. The molecule has 0 saturated carbocycles. The Bertz CT molecular complexity index is 329. The van der Waals surface area contributed by atoms with Crippen molar-refractivity contribution in [3.8, 4) is 0 Å². The van der Waals surface area contributed by atoms with Gasteiger partial charge in [0.05, 0.1) is 4.99 Å². The standard InChI is InChI=1S/C17H33N3S/c1-17(2,16(18)21)8-5-11-19-12-6-15(7-13-19)14-20-9-3-4-10-20/h15H,3-14H2,1-2H3,(H2,18,21). The van der Waals surface area contributed by atoms with Crippen molar-refractivity contribution < 1.29 is 0 Å². The molecule has 2 aliphatic rings. The first-order chi connectivity index (χ1) is 9.97. The zero-order valence-electron chi connectivity index (χ0n) is 13.9. The second-order valence-corrected chi connectivity index (χ2v) is 8.08. The van der Waals surface area contributed by atoms with Gasteiger partial charge in [0.25, 0.3) is 0 Å². The van der Waals surface area contributed by atoms with Crippen LogP contribution in [0, 0.1) is 11.3 Å².